The van der Waals surface area contributed by atoms with Crippen molar-refractivity contribution in [1.29, 1.82) is 0 Å². The van der Waals surface area contributed by atoms with Gasteiger partial charge in [0.1, 0.15) is 11.6 Å². The Morgan fingerprint density at radius 3 is 2.63 bits per heavy atom. The maximum atomic E-state index is 13.1. The number of ether oxygens (including phenoxy) is 1. The van der Waals surface area contributed by atoms with E-state index >= 15 is 0 Å². The largest absolute Gasteiger partial charge is 0.482 e. The van der Waals surface area contributed by atoms with Gasteiger partial charge in [0.15, 0.2) is 6.61 Å². The zero-order valence-electron chi connectivity index (χ0n) is 16.5. The van der Waals surface area contributed by atoms with E-state index in [0.29, 0.717) is 31.2 Å². The molecule has 1 aliphatic rings. The summed E-state index contributed by atoms with van der Waals surface area (Å²) in [5, 5.41) is 11.5. The molecule has 9 heteroatoms. The van der Waals surface area contributed by atoms with Gasteiger partial charge < -0.3 is 14.7 Å². The van der Waals surface area contributed by atoms with Gasteiger partial charge in [-0.25, -0.2) is 9.18 Å². The molecule has 0 unspecified atom stereocenters. The molecule has 3 rings (SSSR count). The van der Waals surface area contributed by atoms with Crippen LogP contribution in [0.15, 0.2) is 42.5 Å². The number of nitrogens with zero attached hydrogens (tertiary/aromatic N) is 2. The second-order valence-corrected chi connectivity index (χ2v) is 7.59. The van der Waals surface area contributed by atoms with Crippen LogP contribution in [0.3, 0.4) is 0 Å². The number of anilines is 1. The van der Waals surface area contributed by atoms with Crippen LogP contribution in [-0.4, -0.2) is 59.2 Å². The van der Waals surface area contributed by atoms with Crippen molar-refractivity contribution in [3.63, 3.8) is 0 Å². The average Bonchev–Trinajstić information content (AvgIpc) is 2.68. The summed E-state index contributed by atoms with van der Waals surface area (Å²) in [5.74, 6) is -0.206. The first-order valence-electron chi connectivity index (χ1n) is 9.50. The first-order valence-corrected chi connectivity index (χ1v) is 9.88. The Labute approximate surface area is 179 Å². The predicted octanol–water partition coefficient (Wildman–Crippen LogP) is 3.68. The molecule has 0 saturated carbocycles. The van der Waals surface area contributed by atoms with Gasteiger partial charge >= 0.3 is 6.09 Å². The van der Waals surface area contributed by atoms with Gasteiger partial charge in [-0.3, -0.25) is 15.0 Å². The number of carbonyl (C=O) groups excluding carboxylic acids is 1. The van der Waals surface area contributed by atoms with Crippen molar-refractivity contribution in [1.82, 2.24) is 9.80 Å². The molecule has 2 aromatic carbocycles. The maximum absolute atomic E-state index is 13.1. The number of hydrogen-bond donors (Lipinski definition) is 2. The van der Waals surface area contributed by atoms with E-state index in [1.54, 1.807) is 23.1 Å². The topological polar surface area (TPSA) is 82.1 Å². The van der Waals surface area contributed by atoms with Crippen molar-refractivity contribution >= 4 is 29.3 Å². The predicted molar refractivity (Wildman–Crippen MR) is 111 cm³/mol. The van der Waals surface area contributed by atoms with Crippen molar-refractivity contribution in [3.8, 4) is 5.75 Å². The van der Waals surface area contributed by atoms with Crippen LogP contribution in [0.5, 0.6) is 5.75 Å². The van der Waals surface area contributed by atoms with Crippen LogP contribution < -0.4 is 10.1 Å². The number of carboxylic acid groups (broad SMARTS) is 1. The fourth-order valence-electron chi connectivity index (χ4n) is 3.46. The molecule has 2 aromatic rings. The molecule has 2 amide bonds. The van der Waals surface area contributed by atoms with Gasteiger partial charge in [-0.15, -0.1) is 0 Å². The van der Waals surface area contributed by atoms with Crippen LogP contribution in [0.25, 0.3) is 0 Å². The van der Waals surface area contributed by atoms with Gasteiger partial charge in [0.2, 0.25) is 0 Å². The molecule has 0 bridgehead atoms. The second-order valence-electron chi connectivity index (χ2n) is 7.16. The Bertz CT molecular complexity index is 910. The molecule has 0 radical (unpaired) electrons. The zero-order valence-corrected chi connectivity index (χ0v) is 17.2. The van der Waals surface area contributed by atoms with E-state index in [-0.39, 0.29) is 35.8 Å². The van der Waals surface area contributed by atoms with Crippen LogP contribution in [0.4, 0.5) is 14.9 Å². The monoisotopic (exact) mass is 435 g/mol. The van der Waals surface area contributed by atoms with Crippen molar-refractivity contribution in [2.75, 3.05) is 31.6 Å². The van der Waals surface area contributed by atoms with E-state index in [9.17, 15) is 14.0 Å². The smallest absolute Gasteiger partial charge is 0.409 e. The molecule has 1 aliphatic heterocycles. The quantitative estimate of drug-likeness (QED) is 0.723. The lowest BCUT2D eigenvalue weighted by atomic mass is 10.1. The van der Waals surface area contributed by atoms with Crippen LogP contribution in [0.2, 0.25) is 5.02 Å². The number of nitrogens with one attached hydrogen (secondary N) is 1. The SMILES string of the molecule is C[C@@H]1CN(Cc2ccc(F)cc2)CCN1C(=O)COc1ccc(Cl)cc1NC(=O)O. The fourth-order valence-corrected chi connectivity index (χ4v) is 3.63. The number of amides is 2. The molecule has 0 aromatic heterocycles. The average molecular weight is 436 g/mol. The molecule has 1 fully saturated rings. The van der Waals surface area contributed by atoms with Crippen LogP contribution in [0, 0.1) is 5.82 Å². The molecule has 7 nitrogen and oxygen atoms in total. The summed E-state index contributed by atoms with van der Waals surface area (Å²) in [6, 6.07) is 10.9. The summed E-state index contributed by atoms with van der Waals surface area (Å²) < 4.78 is 18.6. The molecule has 30 heavy (non-hydrogen) atoms. The minimum absolute atomic E-state index is 0.0165. The number of benzene rings is 2. The van der Waals surface area contributed by atoms with Crippen molar-refractivity contribution in [2.45, 2.75) is 19.5 Å². The number of hydrogen-bond acceptors (Lipinski definition) is 4. The highest BCUT2D eigenvalue weighted by Gasteiger charge is 2.27. The molecule has 2 N–H and O–H groups in total. The van der Waals surface area contributed by atoms with E-state index in [4.69, 9.17) is 21.4 Å². The molecule has 1 saturated heterocycles. The molecular formula is C21H23ClFN3O4. The number of carbonyl (C=O) groups is 2. The Morgan fingerprint density at radius 2 is 1.97 bits per heavy atom. The third-order valence-electron chi connectivity index (χ3n) is 4.89. The molecule has 1 heterocycles. The lowest BCUT2D eigenvalue weighted by molar-refractivity contribution is -0.137. The minimum atomic E-state index is -1.25. The molecular weight excluding hydrogens is 413 g/mol. The van der Waals surface area contributed by atoms with Gasteiger partial charge in [0.25, 0.3) is 5.91 Å². The molecule has 0 spiro atoms. The highest BCUT2D eigenvalue weighted by molar-refractivity contribution is 6.31. The van der Waals surface area contributed by atoms with Gasteiger partial charge in [-0.1, -0.05) is 23.7 Å². The Kier molecular flexibility index (Phi) is 7.12. The summed E-state index contributed by atoms with van der Waals surface area (Å²) in [6.45, 7) is 4.38. The summed E-state index contributed by atoms with van der Waals surface area (Å²) in [6.07, 6.45) is -1.25. The molecule has 160 valence electrons. The third-order valence-corrected chi connectivity index (χ3v) is 5.12. The Morgan fingerprint density at radius 1 is 1.23 bits per heavy atom. The number of halogens is 2. The van der Waals surface area contributed by atoms with Crippen LogP contribution in [0.1, 0.15) is 12.5 Å². The van der Waals surface area contributed by atoms with E-state index in [2.05, 4.69) is 10.2 Å². The molecule has 1 atom stereocenters. The lowest BCUT2D eigenvalue weighted by Gasteiger charge is -2.39. The van der Waals surface area contributed by atoms with Crippen molar-refractivity contribution in [2.24, 2.45) is 0 Å². The van der Waals surface area contributed by atoms with E-state index in [1.807, 2.05) is 6.92 Å². The lowest BCUT2D eigenvalue weighted by Crippen LogP contribution is -2.54. The second kappa shape index (κ2) is 9.77. The van der Waals surface area contributed by atoms with Crippen molar-refractivity contribution < 1.29 is 23.8 Å². The summed E-state index contributed by atoms with van der Waals surface area (Å²) in [7, 11) is 0. The normalized spacial score (nSPS) is 16.9. The molecule has 0 aliphatic carbocycles. The van der Waals surface area contributed by atoms with Gasteiger partial charge in [0.05, 0.1) is 5.69 Å². The fraction of sp³-hybridized carbons (Fsp3) is 0.333. The highest BCUT2D eigenvalue weighted by atomic mass is 35.5. The first kappa shape index (κ1) is 21.9. The van der Waals surface area contributed by atoms with E-state index in [0.717, 1.165) is 5.56 Å². The standard InChI is InChI=1S/C21H23ClFN3O4/c1-14-11-25(12-15-2-5-17(23)6-3-15)8-9-26(14)20(27)13-30-19-7-4-16(22)10-18(19)24-21(28)29/h2-7,10,14,24H,8-9,11-13H2,1H3,(H,28,29)/t14-/m1/s1. The first-order chi connectivity index (χ1) is 14.3. The zero-order chi connectivity index (χ0) is 21.7. The third kappa shape index (κ3) is 5.84. The highest BCUT2D eigenvalue weighted by Crippen LogP contribution is 2.28. The number of piperazine rings is 1. The summed E-state index contributed by atoms with van der Waals surface area (Å²) >= 11 is 5.90. The van der Waals surface area contributed by atoms with Gasteiger partial charge in [-0.05, 0) is 42.8 Å². The van der Waals surface area contributed by atoms with Gasteiger partial charge in [-0.2, -0.15) is 0 Å². The van der Waals surface area contributed by atoms with E-state index < -0.39 is 6.09 Å². The summed E-state index contributed by atoms with van der Waals surface area (Å²) in [5.41, 5.74) is 1.20. The van der Waals surface area contributed by atoms with Crippen molar-refractivity contribution in [3.05, 3.63) is 58.9 Å². The van der Waals surface area contributed by atoms with E-state index in [1.165, 1.54) is 24.3 Å². The van der Waals surface area contributed by atoms with Crippen LogP contribution >= 0.6 is 11.6 Å². The van der Waals surface area contributed by atoms with Crippen LogP contribution in [-0.2, 0) is 11.3 Å². The number of rotatable bonds is 6. The minimum Gasteiger partial charge on any atom is -0.482 e. The Hall–Kier alpha value is -2.84. The Balaban J connectivity index is 1.54. The maximum Gasteiger partial charge on any atom is 0.409 e. The van der Waals surface area contributed by atoms with Gasteiger partial charge in [0, 0.05) is 37.2 Å². The summed E-state index contributed by atoms with van der Waals surface area (Å²) in [4.78, 5) is 27.6.